The molecule has 0 unspecified atom stereocenters. The van der Waals surface area contributed by atoms with Crippen LogP contribution in [0.25, 0.3) is 0 Å². The molecule has 0 saturated carbocycles. The molecule has 0 aliphatic carbocycles. The molecule has 1 N–H and O–H groups in total. The first-order valence-corrected chi connectivity index (χ1v) is 9.48. The van der Waals surface area contributed by atoms with Crippen LogP contribution in [-0.4, -0.2) is 36.3 Å². The smallest absolute Gasteiger partial charge is 0.256 e. The van der Waals surface area contributed by atoms with Gasteiger partial charge in [0.2, 0.25) is 0 Å². The lowest BCUT2D eigenvalue weighted by atomic mass is 9.96. The van der Waals surface area contributed by atoms with Crippen LogP contribution in [0.2, 0.25) is 10.0 Å². The van der Waals surface area contributed by atoms with Crippen molar-refractivity contribution >= 4 is 35.0 Å². The van der Waals surface area contributed by atoms with Crippen LogP contribution in [0.3, 0.4) is 0 Å². The third-order valence-corrected chi connectivity index (χ3v) is 5.48. The van der Waals surface area contributed by atoms with Crippen LogP contribution in [0.1, 0.15) is 33.6 Å². The van der Waals surface area contributed by atoms with Gasteiger partial charge >= 0.3 is 0 Å². The van der Waals surface area contributed by atoms with Gasteiger partial charge in [0.1, 0.15) is 5.82 Å². The Balaban J connectivity index is 1.49. The maximum Gasteiger partial charge on any atom is 0.256 e. The van der Waals surface area contributed by atoms with Gasteiger partial charge in [-0.05, 0) is 49.1 Å². The molecule has 7 heteroatoms. The van der Waals surface area contributed by atoms with Crippen molar-refractivity contribution < 1.29 is 14.0 Å². The van der Waals surface area contributed by atoms with Crippen LogP contribution in [0.4, 0.5) is 4.39 Å². The van der Waals surface area contributed by atoms with Gasteiger partial charge in [-0.15, -0.1) is 0 Å². The summed E-state index contributed by atoms with van der Waals surface area (Å²) in [5.74, 6) is -0.732. The first kappa shape index (κ1) is 19.6. The van der Waals surface area contributed by atoms with Crippen molar-refractivity contribution in [3.8, 4) is 0 Å². The molecule has 1 heterocycles. The first-order chi connectivity index (χ1) is 13.0. The fourth-order valence-electron chi connectivity index (χ4n) is 3.12. The van der Waals surface area contributed by atoms with E-state index >= 15 is 0 Å². The summed E-state index contributed by atoms with van der Waals surface area (Å²) in [6, 6.07) is 10.8. The summed E-state index contributed by atoms with van der Waals surface area (Å²) in [5.41, 5.74) is 0.556. The van der Waals surface area contributed by atoms with Gasteiger partial charge in [0.05, 0.1) is 15.6 Å². The fraction of sp³-hybridized carbons (Fsp3) is 0.300. The zero-order chi connectivity index (χ0) is 19.4. The number of benzene rings is 2. The van der Waals surface area contributed by atoms with E-state index in [2.05, 4.69) is 5.32 Å². The van der Waals surface area contributed by atoms with Gasteiger partial charge in [-0.3, -0.25) is 9.59 Å². The van der Waals surface area contributed by atoms with E-state index in [1.807, 2.05) is 0 Å². The van der Waals surface area contributed by atoms with Crippen molar-refractivity contribution in [2.75, 3.05) is 19.6 Å². The largest absolute Gasteiger partial charge is 0.352 e. The molecule has 3 rings (SSSR count). The minimum absolute atomic E-state index is 0.101. The minimum atomic E-state index is -0.501. The lowest BCUT2D eigenvalue weighted by Crippen LogP contribution is -2.41. The summed E-state index contributed by atoms with van der Waals surface area (Å²) < 4.78 is 13.8. The Kier molecular flexibility index (Phi) is 6.34. The number of nitrogens with zero attached hydrogens (tertiary/aromatic N) is 1. The molecule has 0 bridgehead atoms. The average molecular weight is 409 g/mol. The Morgan fingerprint density at radius 3 is 2.44 bits per heavy atom. The third kappa shape index (κ3) is 4.79. The predicted molar refractivity (Wildman–Crippen MR) is 104 cm³/mol. The number of hydrogen-bond acceptors (Lipinski definition) is 2. The second-order valence-electron chi connectivity index (χ2n) is 6.55. The number of rotatable bonds is 4. The van der Waals surface area contributed by atoms with E-state index in [1.165, 1.54) is 18.2 Å². The van der Waals surface area contributed by atoms with Crippen molar-refractivity contribution in [2.45, 2.75) is 12.8 Å². The Morgan fingerprint density at radius 2 is 1.78 bits per heavy atom. The molecule has 0 aromatic heterocycles. The molecule has 2 aromatic rings. The van der Waals surface area contributed by atoms with E-state index in [9.17, 15) is 14.0 Å². The summed E-state index contributed by atoms with van der Waals surface area (Å²) in [4.78, 5) is 26.3. The Bertz CT molecular complexity index is 852. The van der Waals surface area contributed by atoms with Crippen LogP contribution in [-0.2, 0) is 0 Å². The second-order valence-corrected chi connectivity index (χ2v) is 7.37. The molecule has 1 aliphatic rings. The van der Waals surface area contributed by atoms with Crippen molar-refractivity contribution in [1.29, 1.82) is 0 Å². The van der Waals surface area contributed by atoms with Gasteiger partial charge in [0, 0.05) is 25.2 Å². The van der Waals surface area contributed by atoms with Gasteiger partial charge in [-0.2, -0.15) is 0 Å². The summed E-state index contributed by atoms with van der Waals surface area (Å²) in [6.45, 7) is 1.60. The second kappa shape index (κ2) is 8.72. The molecule has 1 aliphatic heterocycles. The van der Waals surface area contributed by atoms with Crippen LogP contribution in [0.5, 0.6) is 0 Å². The molecule has 1 fully saturated rings. The predicted octanol–water partition coefficient (Wildman–Crippen LogP) is 4.41. The van der Waals surface area contributed by atoms with Gasteiger partial charge < -0.3 is 10.2 Å². The quantitative estimate of drug-likeness (QED) is 0.813. The highest BCUT2D eigenvalue weighted by molar-refractivity contribution is 6.42. The highest BCUT2D eigenvalue weighted by Gasteiger charge is 2.25. The Hall–Kier alpha value is -2.11. The van der Waals surface area contributed by atoms with E-state index in [4.69, 9.17) is 23.2 Å². The van der Waals surface area contributed by atoms with E-state index in [-0.39, 0.29) is 23.3 Å². The standard InChI is InChI=1S/C20H19Cl2FN2O2/c21-16-6-5-14(11-17(16)22)19(26)24-12-13-7-9-25(10-8-13)20(27)15-3-1-2-4-18(15)23/h1-6,11,13H,7-10,12H2,(H,24,26). The molecule has 27 heavy (non-hydrogen) atoms. The van der Waals surface area contributed by atoms with Crippen LogP contribution >= 0.6 is 23.2 Å². The van der Waals surface area contributed by atoms with Gasteiger partial charge in [-0.1, -0.05) is 35.3 Å². The zero-order valence-corrected chi connectivity index (χ0v) is 16.1. The molecular weight excluding hydrogens is 390 g/mol. The first-order valence-electron chi connectivity index (χ1n) is 8.72. The number of piperidine rings is 1. The molecule has 0 radical (unpaired) electrons. The van der Waals surface area contributed by atoms with E-state index in [0.717, 1.165) is 12.8 Å². The zero-order valence-electron chi connectivity index (χ0n) is 14.6. The topological polar surface area (TPSA) is 49.4 Å². The van der Waals surface area contributed by atoms with E-state index in [0.29, 0.717) is 35.2 Å². The number of likely N-dealkylation sites (tertiary alicyclic amines) is 1. The molecule has 4 nitrogen and oxygen atoms in total. The number of nitrogens with one attached hydrogen (secondary N) is 1. The minimum Gasteiger partial charge on any atom is -0.352 e. The fourth-order valence-corrected chi connectivity index (χ4v) is 3.42. The van der Waals surface area contributed by atoms with Crippen molar-refractivity contribution in [3.05, 3.63) is 69.5 Å². The lowest BCUT2D eigenvalue weighted by Gasteiger charge is -2.32. The summed E-state index contributed by atoms with van der Waals surface area (Å²) in [7, 11) is 0. The summed E-state index contributed by atoms with van der Waals surface area (Å²) in [5, 5.41) is 3.64. The monoisotopic (exact) mass is 408 g/mol. The third-order valence-electron chi connectivity index (χ3n) is 4.74. The Morgan fingerprint density at radius 1 is 1.07 bits per heavy atom. The summed E-state index contributed by atoms with van der Waals surface area (Å²) >= 11 is 11.8. The Labute approximate surface area is 167 Å². The SMILES string of the molecule is O=C(NCC1CCN(C(=O)c2ccccc2F)CC1)c1ccc(Cl)c(Cl)c1. The number of carbonyl (C=O) groups excluding carboxylic acids is 2. The molecule has 142 valence electrons. The molecule has 0 spiro atoms. The molecule has 2 aromatic carbocycles. The lowest BCUT2D eigenvalue weighted by molar-refractivity contribution is 0.0679. The van der Waals surface area contributed by atoms with Gasteiger partial charge in [0.25, 0.3) is 11.8 Å². The molecule has 2 amide bonds. The molecular formula is C20H19Cl2FN2O2. The van der Waals surface area contributed by atoms with Crippen LogP contribution < -0.4 is 5.32 Å². The van der Waals surface area contributed by atoms with Crippen molar-refractivity contribution in [3.63, 3.8) is 0 Å². The van der Waals surface area contributed by atoms with E-state index in [1.54, 1.807) is 29.2 Å². The van der Waals surface area contributed by atoms with Gasteiger partial charge in [-0.25, -0.2) is 4.39 Å². The van der Waals surface area contributed by atoms with Crippen molar-refractivity contribution in [1.82, 2.24) is 10.2 Å². The number of hydrogen-bond donors (Lipinski definition) is 1. The highest BCUT2D eigenvalue weighted by Crippen LogP contribution is 2.23. The highest BCUT2D eigenvalue weighted by atomic mass is 35.5. The maximum absolute atomic E-state index is 13.8. The average Bonchev–Trinajstić information content (AvgIpc) is 2.68. The van der Waals surface area contributed by atoms with E-state index < -0.39 is 5.82 Å². The normalized spacial score (nSPS) is 14.9. The number of amides is 2. The molecule has 0 atom stereocenters. The molecule has 1 saturated heterocycles. The van der Waals surface area contributed by atoms with Crippen LogP contribution in [0.15, 0.2) is 42.5 Å². The number of halogens is 3. The van der Waals surface area contributed by atoms with Gasteiger partial charge in [0.15, 0.2) is 0 Å². The summed E-state index contributed by atoms with van der Waals surface area (Å²) in [6.07, 6.45) is 1.50. The number of carbonyl (C=O) groups is 2. The van der Waals surface area contributed by atoms with Crippen LogP contribution in [0, 0.1) is 11.7 Å². The maximum atomic E-state index is 13.8. The van der Waals surface area contributed by atoms with Crippen molar-refractivity contribution in [2.24, 2.45) is 5.92 Å².